The third kappa shape index (κ3) is 0.971. The number of H-pyrrole nitrogens is 1. The van der Waals surface area contributed by atoms with E-state index in [1.54, 1.807) is 0 Å². The van der Waals surface area contributed by atoms with Gasteiger partial charge in [0.25, 0.3) is 0 Å². The van der Waals surface area contributed by atoms with Crippen LogP contribution in [0.3, 0.4) is 0 Å². The minimum atomic E-state index is 1.02. The predicted octanol–water partition coefficient (Wildman–Crippen LogP) is 1.22. The van der Waals surface area contributed by atoms with Crippen LogP contribution in [0.25, 0.3) is 10.9 Å². The number of fused-ring (bicyclic) bond motifs is 3. The molecular formula is C10H10N3. The number of pyridine rings is 1. The van der Waals surface area contributed by atoms with Crippen LogP contribution in [-0.2, 0) is 6.42 Å². The normalized spacial score (nSPS) is 16.0. The molecule has 0 aliphatic carbocycles. The molecule has 0 atom stereocenters. The first-order valence-electron chi connectivity index (χ1n) is 4.46. The second kappa shape index (κ2) is 2.57. The van der Waals surface area contributed by atoms with Crippen molar-refractivity contribution in [1.29, 1.82) is 0 Å². The summed E-state index contributed by atoms with van der Waals surface area (Å²) in [7, 11) is 0. The summed E-state index contributed by atoms with van der Waals surface area (Å²) in [6.07, 6.45) is 4.78. The van der Waals surface area contributed by atoms with E-state index in [-0.39, 0.29) is 0 Å². The number of aromatic amines is 1. The van der Waals surface area contributed by atoms with Gasteiger partial charge in [0.15, 0.2) is 0 Å². The van der Waals surface area contributed by atoms with Gasteiger partial charge in [-0.1, -0.05) is 0 Å². The fraction of sp³-hybridized carbons (Fsp3) is 0.200. The number of nitrogens with zero attached hydrogens (tertiary/aromatic N) is 1. The lowest BCUT2D eigenvalue weighted by Gasteiger charge is -2.11. The Kier molecular flexibility index (Phi) is 1.40. The molecular weight excluding hydrogens is 162 g/mol. The van der Waals surface area contributed by atoms with Crippen LogP contribution in [0, 0.1) is 6.54 Å². The van der Waals surface area contributed by atoms with Crippen molar-refractivity contribution in [3.05, 3.63) is 36.3 Å². The number of hydrogen-bond acceptors (Lipinski definition) is 2. The largest absolute Gasteiger partial charge is 0.357 e. The summed E-state index contributed by atoms with van der Waals surface area (Å²) in [5, 5.41) is 4.52. The van der Waals surface area contributed by atoms with Crippen LogP contribution in [0.2, 0.25) is 0 Å². The van der Waals surface area contributed by atoms with Crippen molar-refractivity contribution in [3.63, 3.8) is 0 Å². The van der Waals surface area contributed by atoms with Gasteiger partial charge in [0.05, 0.1) is 18.3 Å². The SMILES string of the molecule is [CH]1NCCc2[nH]c3cnccc3c21. The van der Waals surface area contributed by atoms with Crippen molar-refractivity contribution in [2.24, 2.45) is 0 Å². The van der Waals surface area contributed by atoms with Gasteiger partial charge in [-0.3, -0.25) is 4.98 Å². The standard InChI is InChI=1S/C10H10N3/c1-3-12-6-10-7(1)8-5-11-4-2-9(8)13-10/h1,3,5-6,11,13H,2,4H2. The minimum absolute atomic E-state index is 1.02. The lowest BCUT2D eigenvalue weighted by Crippen LogP contribution is -2.20. The maximum Gasteiger partial charge on any atom is 0.0646 e. The van der Waals surface area contributed by atoms with E-state index in [1.165, 1.54) is 16.6 Å². The number of aromatic nitrogens is 2. The summed E-state index contributed by atoms with van der Waals surface area (Å²) in [4.78, 5) is 7.47. The average molecular weight is 172 g/mol. The van der Waals surface area contributed by atoms with Gasteiger partial charge >= 0.3 is 0 Å². The lowest BCUT2D eigenvalue weighted by molar-refractivity contribution is 0.744. The Morgan fingerprint density at radius 1 is 1.38 bits per heavy atom. The minimum Gasteiger partial charge on any atom is -0.357 e. The Hall–Kier alpha value is -1.35. The molecule has 1 aliphatic heterocycles. The van der Waals surface area contributed by atoms with Crippen molar-refractivity contribution in [2.75, 3.05) is 6.54 Å². The van der Waals surface area contributed by atoms with Gasteiger partial charge in [-0.05, 0) is 11.6 Å². The molecule has 0 unspecified atom stereocenters. The van der Waals surface area contributed by atoms with E-state index in [2.05, 4.69) is 21.8 Å². The molecule has 0 bridgehead atoms. The van der Waals surface area contributed by atoms with Crippen LogP contribution in [0.5, 0.6) is 0 Å². The highest BCUT2D eigenvalue weighted by molar-refractivity contribution is 5.85. The molecule has 0 amide bonds. The Labute approximate surface area is 76.2 Å². The second-order valence-electron chi connectivity index (χ2n) is 3.29. The highest BCUT2D eigenvalue weighted by Gasteiger charge is 2.14. The molecule has 65 valence electrons. The molecule has 3 nitrogen and oxygen atoms in total. The highest BCUT2D eigenvalue weighted by Crippen LogP contribution is 2.24. The average Bonchev–Trinajstić information content (AvgIpc) is 2.56. The molecule has 0 aromatic carbocycles. The van der Waals surface area contributed by atoms with Crippen molar-refractivity contribution in [1.82, 2.24) is 15.3 Å². The number of hydrogen-bond donors (Lipinski definition) is 2. The van der Waals surface area contributed by atoms with Gasteiger partial charge in [-0.2, -0.15) is 0 Å². The maximum absolute atomic E-state index is 4.09. The molecule has 2 aromatic heterocycles. The van der Waals surface area contributed by atoms with E-state index >= 15 is 0 Å². The van der Waals surface area contributed by atoms with Gasteiger partial charge in [0.1, 0.15) is 0 Å². The van der Waals surface area contributed by atoms with E-state index in [0.29, 0.717) is 0 Å². The Morgan fingerprint density at radius 2 is 2.38 bits per heavy atom. The molecule has 2 N–H and O–H groups in total. The lowest BCUT2D eigenvalue weighted by atomic mass is 10.1. The Bertz CT molecular complexity index is 444. The van der Waals surface area contributed by atoms with Crippen LogP contribution in [0.4, 0.5) is 0 Å². The van der Waals surface area contributed by atoms with Crippen molar-refractivity contribution in [2.45, 2.75) is 6.42 Å². The highest BCUT2D eigenvalue weighted by atomic mass is 14.9. The summed E-state index contributed by atoms with van der Waals surface area (Å²) in [5.74, 6) is 0. The third-order valence-electron chi connectivity index (χ3n) is 2.49. The van der Waals surface area contributed by atoms with Gasteiger partial charge in [0, 0.05) is 30.2 Å². The van der Waals surface area contributed by atoms with Crippen LogP contribution in [0.15, 0.2) is 18.5 Å². The number of nitrogens with one attached hydrogen (secondary N) is 2. The van der Waals surface area contributed by atoms with Gasteiger partial charge < -0.3 is 10.3 Å². The zero-order valence-electron chi connectivity index (χ0n) is 7.17. The van der Waals surface area contributed by atoms with Gasteiger partial charge in [0.2, 0.25) is 0 Å². The van der Waals surface area contributed by atoms with Gasteiger partial charge in [-0.15, -0.1) is 0 Å². The van der Waals surface area contributed by atoms with E-state index < -0.39 is 0 Å². The zero-order chi connectivity index (χ0) is 8.67. The Balaban J connectivity index is 2.34. The summed E-state index contributed by atoms with van der Waals surface area (Å²) in [6.45, 7) is 3.10. The maximum atomic E-state index is 4.09. The first-order valence-corrected chi connectivity index (χ1v) is 4.46. The molecule has 1 aliphatic rings. The summed E-state index contributed by atoms with van der Waals surface area (Å²) in [6, 6.07) is 2.05. The fourth-order valence-corrected chi connectivity index (χ4v) is 1.85. The van der Waals surface area contributed by atoms with E-state index in [9.17, 15) is 0 Å². The first-order chi connectivity index (χ1) is 6.45. The molecule has 1 radical (unpaired) electrons. The smallest absolute Gasteiger partial charge is 0.0646 e. The van der Waals surface area contributed by atoms with Crippen molar-refractivity contribution >= 4 is 10.9 Å². The molecule has 0 saturated carbocycles. The quantitative estimate of drug-likeness (QED) is 0.627. The molecule has 3 rings (SSSR count). The van der Waals surface area contributed by atoms with E-state index in [0.717, 1.165) is 18.5 Å². The van der Waals surface area contributed by atoms with Gasteiger partial charge in [-0.25, -0.2) is 0 Å². The second-order valence-corrected chi connectivity index (χ2v) is 3.29. The monoisotopic (exact) mass is 172 g/mol. The number of rotatable bonds is 0. The molecule has 13 heavy (non-hydrogen) atoms. The molecule has 0 saturated heterocycles. The zero-order valence-corrected chi connectivity index (χ0v) is 7.17. The Morgan fingerprint density at radius 3 is 3.38 bits per heavy atom. The molecule has 3 heterocycles. The van der Waals surface area contributed by atoms with Crippen LogP contribution < -0.4 is 5.32 Å². The molecule has 0 fully saturated rings. The molecule has 2 aromatic rings. The third-order valence-corrected chi connectivity index (χ3v) is 2.49. The topological polar surface area (TPSA) is 40.7 Å². The van der Waals surface area contributed by atoms with Crippen LogP contribution in [-0.4, -0.2) is 16.5 Å². The van der Waals surface area contributed by atoms with Crippen molar-refractivity contribution < 1.29 is 0 Å². The van der Waals surface area contributed by atoms with E-state index in [4.69, 9.17) is 0 Å². The predicted molar refractivity (Wildman–Crippen MR) is 51.2 cm³/mol. The molecule has 0 spiro atoms. The molecule has 3 heteroatoms. The van der Waals surface area contributed by atoms with Crippen LogP contribution >= 0.6 is 0 Å². The van der Waals surface area contributed by atoms with Crippen molar-refractivity contribution in [3.8, 4) is 0 Å². The first kappa shape index (κ1) is 7.09. The van der Waals surface area contributed by atoms with E-state index in [1.807, 2.05) is 18.5 Å². The fourth-order valence-electron chi connectivity index (χ4n) is 1.85. The summed E-state index contributed by atoms with van der Waals surface area (Å²) < 4.78 is 0. The van der Waals surface area contributed by atoms with Crippen LogP contribution in [0.1, 0.15) is 11.3 Å². The summed E-state index contributed by atoms with van der Waals surface area (Å²) in [5.41, 5.74) is 3.75. The summed E-state index contributed by atoms with van der Waals surface area (Å²) >= 11 is 0.